The van der Waals surface area contributed by atoms with Gasteiger partial charge in [-0.3, -0.25) is 0 Å². The van der Waals surface area contributed by atoms with E-state index >= 15 is 0 Å². The summed E-state index contributed by atoms with van der Waals surface area (Å²) >= 11 is 0. The van der Waals surface area contributed by atoms with Gasteiger partial charge in [0.2, 0.25) is 0 Å². The van der Waals surface area contributed by atoms with Gasteiger partial charge in [0.15, 0.2) is 0 Å². The van der Waals surface area contributed by atoms with Crippen LogP contribution < -0.4 is 5.32 Å². The van der Waals surface area contributed by atoms with Gasteiger partial charge in [-0.05, 0) is 45.4 Å². The molecule has 1 aromatic carbocycles. The summed E-state index contributed by atoms with van der Waals surface area (Å²) in [5, 5.41) is 3.33. The minimum Gasteiger partial charge on any atom is -0.383 e. The Kier molecular flexibility index (Phi) is 6.16. The molecule has 0 unspecified atom stereocenters. The number of ether oxygens (including phenoxy) is 2. The van der Waals surface area contributed by atoms with Crippen molar-refractivity contribution in [3.63, 3.8) is 0 Å². The summed E-state index contributed by atoms with van der Waals surface area (Å²) in [4.78, 5) is 0. The van der Waals surface area contributed by atoms with E-state index in [0.717, 1.165) is 12.2 Å². The molecule has 3 nitrogen and oxygen atoms in total. The van der Waals surface area contributed by atoms with Crippen molar-refractivity contribution >= 4 is 5.69 Å². The van der Waals surface area contributed by atoms with Crippen LogP contribution in [-0.4, -0.2) is 32.0 Å². The summed E-state index contributed by atoms with van der Waals surface area (Å²) < 4.78 is 11.1. The molecule has 0 amide bonds. The first-order valence-electron chi connectivity index (χ1n) is 6.50. The summed E-state index contributed by atoms with van der Waals surface area (Å²) in [6.45, 7) is 11.0. The molecular formula is C15H25NO2. The van der Waals surface area contributed by atoms with Crippen LogP contribution in [0.15, 0.2) is 24.3 Å². The molecule has 18 heavy (non-hydrogen) atoms. The van der Waals surface area contributed by atoms with Crippen LogP contribution in [0.1, 0.15) is 26.3 Å². The Hall–Kier alpha value is -1.06. The van der Waals surface area contributed by atoms with Crippen LogP contribution >= 0.6 is 0 Å². The quantitative estimate of drug-likeness (QED) is 0.755. The average Bonchev–Trinajstić information content (AvgIpc) is 2.26. The zero-order chi connectivity index (χ0) is 13.4. The Morgan fingerprint density at radius 1 is 1.11 bits per heavy atom. The molecule has 0 saturated heterocycles. The van der Waals surface area contributed by atoms with Crippen molar-refractivity contribution < 1.29 is 9.47 Å². The number of anilines is 1. The zero-order valence-corrected chi connectivity index (χ0v) is 12.0. The third-order valence-corrected chi connectivity index (χ3v) is 2.36. The highest BCUT2D eigenvalue weighted by molar-refractivity contribution is 5.45. The molecule has 0 saturated carbocycles. The molecule has 102 valence electrons. The Morgan fingerprint density at radius 2 is 1.89 bits per heavy atom. The molecule has 1 aromatic rings. The fourth-order valence-electron chi connectivity index (χ4n) is 1.53. The molecule has 0 aliphatic rings. The number of benzene rings is 1. The monoisotopic (exact) mass is 251 g/mol. The molecule has 3 heteroatoms. The highest BCUT2D eigenvalue weighted by Gasteiger charge is 2.08. The Balaban J connectivity index is 2.02. The van der Waals surface area contributed by atoms with E-state index in [-0.39, 0.29) is 5.60 Å². The predicted octanol–water partition coefficient (Wildman–Crippen LogP) is 3.24. The van der Waals surface area contributed by atoms with E-state index in [1.54, 1.807) is 0 Å². The second kappa shape index (κ2) is 7.39. The molecule has 0 heterocycles. The van der Waals surface area contributed by atoms with Crippen molar-refractivity contribution in [2.24, 2.45) is 0 Å². The molecule has 1 N–H and O–H groups in total. The van der Waals surface area contributed by atoms with Crippen molar-refractivity contribution in [2.45, 2.75) is 33.3 Å². The topological polar surface area (TPSA) is 30.5 Å². The van der Waals surface area contributed by atoms with Gasteiger partial charge in [-0.1, -0.05) is 12.1 Å². The summed E-state index contributed by atoms with van der Waals surface area (Å²) in [5.74, 6) is 0. The van der Waals surface area contributed by atoms with Crippen LogP contribution in [0.4, 0.5) is 5.69 Å². The van der Waals surface area contributed by atoms with Crippen LogP contribution in [0, 0.1) is 6.92 Å². The van der Waals surface area contributed by atoms with Gasteiger partial charge in [0.1, 0.15) is 0 Å². The standard InChI is InChI=1S/C15H25NO2/c1-13-6-5-7-14(12-13)16-8-9-17-10-11-18-15(2,3)4/h5-7,12,16H,8-11H2,1-4H3. The highest BCUT2D eigenvalue weighted by atomic mass is 16.5. The Morgan fingerprint density at radius 3 is 2.56 bits per heavy atom. The van der Waals surface area contributed by atoms with E-state index in [2.05, 4.69) is 36.5 Å². The molecule has 0 aromatic heterocycles. The summed E-state index contributed by atoms with van der Waals surface area (Å²) in [5.41, 5.74) is 2.33. The van der Waals surface area contributed by atoms with Gasteiger partial charge in [0.25, 0.3) is 0 Å². The van der Waals surface area contributed by atoms with Crippen LogP contribution in [0.25, 0.3) is 0 Å². The predicted molar refractivity (Wildman–Crippen MR) is 76.2 cm³/mol. The SMILES string of the molecule is Cc1cccc(NCCOCCOC(C)(C)C)c1. The molecule has 0 radical (unpaired) electrons. The highest BCUT2D eigenvalue weighted by Crippen LogP contribution is 2.08. The normalized spacial score (nSPS) is 11.6. The Labute approximate surface area is 110 Å². The molecule has 0 fully saturated rings. The molecule has 0 spiro atoms. The van der Waals surface area contributed by atoms with Crippen LogP contribution in [0.5, 0.6) is 0 Å². The fourth-order valence-corrected chi connectivity index (χ4v) is 1.53. The summed E-state index contributed by atoms with van der Waals surface area (Å²) in [7, 11) is 0. The lowest BCUT2D eigenvalue weighted by Crippen LogP contribution is -2.22. The molecule has 0 aliphatic carbocycles. The van der Waals surface area contributed by atoms with E-state index in [0.29, 0.717) is 19.8 Å². The lowest BCUT2D eigenvalue weighted by Gasteiger charge is -2.19. The van der Waals surface area contributed by atoms with Gasteiger partial charge >= 0.3 is 0 Å². The lowest BCUT2D eigenvalue weighted by atomic mass is 10.2. The van der Waals surface area contributed by atoms with Gasteiger partial charge in [0.05, 0.1) is 25.4 Å². The molecule has 0 atom stereocenters. The minimum absolute atomic E-state index is 0.0802. The molecule has 1 rings (SSSR count). The third kappa shape index (κ3) is 7.30. The lowest BCUT2D eigenvalue weighted by molar-refractivity contribution is -0.0335. The second-order valence-corrected chi connectivity index (χ2v) is 5.37. The van der Waals surface area contributed by atoms with E-state index in [9.17, 15) is 0 Å². The first-order chi connectivity index (χ1) is 8.47. The maximum atomic E-state index is 5.56. The Bertz CT molecular complexity index is 345. The molecule has 0 bridgehead atoms. The maximum Gasteiger partial charge on any atom is 0.0707 e. The number of hydrogen-bond acceptors (Lipinski definition) is 3. The van der Waals surface area contributed by atoms with E-state index in [4.69, 9.17) is 9.47 Å². The van der Waals surface area contributed by atoms with Crippen LogP contribution in [0.3, 0.4) is 0 Å². The summed E-state index contributed by atoms with van der Waals surface area (Å²) in [6.07, 6.45) is 0. The van der Waals surface area contributed by atoms with Crippen LogP contribution in [0.2, 0.25) is 0 Å². The van der Waals surface area contributed by atoms with Crippen molar-refractivity contribution in [3.8, 4) is 0 Å². The van der Waals surface area contributed by atoms with Crippen molar-refractivity contribution in [2.75, 3.05) is 31.7 Å². The van der Waals surface area contributed by atoms with Crippen molar-refractivity contribution in [3.05, 3.63) is 29.8 Å². The first kappa shape index (κ1) is 15.0. The number of aryl methyl sites for hydroxylation is 1. The number of rotatable bonds is 7. The molecule has 0 aliphatic heterocycles. The smallest absolute Gasteiger partial charge is 0.0707 e. The van der Waals surface area contributed by atoms with Crippen LogP contribution in [-0.2, 0) is 9.47 Å². The number of hydrogen-bond donors (Lipinski definition) is 1. The summed E-state index contributed by atoms with van der Waals surface area (Å²) in [6, 6.07) is 8.33. The van der Waals surface area contributed by atoms with Gasteiger partial charge < -0.3 is 14.8 Å². The van der Waals surface area contributed by atoms with E-state index in [1.807, 2.05) is 20.8 Å². The minimum atomic E-state index is -0.0802. The first-order valence-corrected chi connectivity index (χ1v) is 6.50. The van der Waals surface area contributed by atoms with Gasteiger partial charge in [-0.2, -0.15) is 0 Å². The van der Waals surface area contributed by atoms with E-state index < -0.39 is 0 Å². The zero-order valence-electron chi connectivity index (χ0n) is 12.0. The van der Waals surface area contributed by atoms with Gasteiger partial charge in [-0.25, -0.2) is 0 Å². The van der Waals surface area contributed by atoms with Crippen molar-refractivity contribution in [1.82, 2.24) is 0 Å². The third-order valence-electron chi connectivity index (χ3n) is 2.36. The van der Waals surface area contributed by atoms with Crippen molar-refractivity contribution in [1.29, 1.82) is 0 Å². The van der Waals surface area contributed by atoms with E-state index in [1.165, 1.54) is 5.56 Å². The second-order valence-electron chi connectivity index (χ2n) is 5.37. The van der Waals surface area contributed by atoms with Gasteiger partial charge in [-0.15, -0.1) is 0 Å². The number of nitrogens with one attached hydrogen (secondary N) is 1. The largest absolute Gasteiger partial charge is 0.383 e. The fraction of sp³-hybridized carbons (Fsp3) is 0.600. The average molecular weight is 251 g/mol. The van der Waals surface area contributed by atoms with Gasteiger partial charge in [0, 0.05) is 12.2 Å². The molecular weight excluding hydrogens is 226 g/mol. The maximum absolute atomic E-state index is 5.56.